The third-order valence-electron chi connectivity index (χ3n) is 1.86. The zero-order valence-corrected chi connectivity index (χ0v) is 11.1. The lowest BCUT2D eigenvalue weighted by atomic mass is 10.5. The molecule has 6 nitrogen and oxygen atoms in total. The zero-order valence-electron chi connectivity index (χ0n) is 8.68. The summed E-state index contributed by atoms with van der Waals surface area (Å²) >= 11 is 4.53. The van der Waals surface area contributed by atoms with E-state index in [9.17, 15) is 9.59 Å². The van der Waals surface area contributed by atoms with Crippen LogP contribution >= 0.6 is 27.7 Å². The maximum absolute atomic E-state index is 11.2. The van der Waals surface area contributed by atoms with Gasteiger partial charge in [-0.3, -0.25) is 19.4 Å². The lowest BCUT2D eigenvalue weighted by Crippen LogP contribution is -2.33. The fourth-order valence-electron chi connectivity index (χ4n) is 1.08. The maximum Gasteiger partial charge on any atom is 0.339 e. The second kappa shape index (κ2) is 4.84. The molecule has 0 radical (unpaired) electrons. The van der Waals surface area contributed by atoms with Crippen molar-refractivity contribution in [2.75, 3.05) is 0 Å². The Hall–Kier alpha value is -1.41. The molecule has 0 unspecified atom stereocenters. The molecular weight excluding hydrogens is 308 g/mol. The van der Waals surface area contributed by atoms with Crippen LogP contribution in [0.1, 0.15) is 0 Å². The average Bonchev–Trinajstić information content (AvgIpc) is 2.29. The Morgan fingerprint density at radius 2 is 2.24 bits per heavy atom. The van der Waals surface area contributed by atoms with Gasteiger partial charge >= 0.3 is 11.1 Å². The van der Waals surface area contributed by atoms with E-state index >= 15 is 0 Å². The smallest absolute Gasteiger partial charge is 0.265 e. The molecule has 0 amide bonds. The van der Waals surface area contributed by atoms with E-state index in [1.807, 2.05) is 6.07 Å². The van der Waals surface area contributed by atoms with Crippen LogP contribution in [0, 0.1) is 0 Å². The number of aryl methyl sites for hydroxylation is 1. The zero-order chi connectivity index (χ0) is 12.4. The number of halogens is 1. The van der Waals surface area contributed by atoms with Crippen LogP contribution in [0.15, 0.2) is 42.6 Å². The summed E-state index contributed by atoms with van der Waals surface area (Å²) in [5, 5.41) is 3.41. The Labute approximate surface area is 108 Å². The summed E-state index contributed by atoms with van der Waals surface area (Å²) in [5.74, 6) is 0. The van der Waals surface area contributed by atoms with E-state index in [0.717, 1.165) is 4.47 Å². The monoisotopic (exact) mass is 314 g/mol. The molecule has 0 aliphatic rings. The molecule has 0 spiro atoms. The minimum atomic E-state index is -0.808. The number of pyridine rings is 1. The molecule has 0 aliphatic heterocycles. The Bertz CT molecular complexity index is 667. The molecule has 2 aromatic rings. The van der Waals surface area contributed by atoms with Gasteiger partial charge in [0.05, 0.1) is 4.47 Å². The van der Waals surface area contributed by atoms with Crippen molar-refractivity contribution in [1.29, 1.82) is 0 Å². The molecule has 8 heteroatoms. The van der Waals surface area contributed by atoms with Gasteiger partial charge in [-0.1, -0.05) is 0 Å². The number of hydrogen-bond acceptors (Lipinski definition) is 5. The van der Waals surface area contributed by atoms with Crippen molar-refractivity contribution >= 4 is 27.7 Å². The van der Waals surface area contributed by atoms with Gasteiger partial charge < -0.3 is 0 Å². The summed E-state index contributed by atoms with van der Waals surface area (Å²) in [7, 11) is 1.60. The first-order valence-electron chi connectivity index (χ1n) is 4.53. The molecule has 17 heavy (non-hydrogen) atoms. The van der Waals surface area contributed by atoms with Gasteiger partial charge in [0.2, 0.25) is 0 Å². The summed E-state index contributed by atoms with van der Waals surface area (Å²) in [6.45, 7) is 0. The van der Waals surface area contributed by atoms with Crippen molar-refractivity contribution in [3.63, 3.8) is 0 Å². The van der Waals surface area contributed by atoms with E-state index in [2.05, 4.69) is 31.0 Å². The quantitative estimate of drug-likeness (QED) is 0.828. The van der Waals surface area contributed by atoms with Crippen LogP contribution in [0.2, 0.25) is 0 Å². The van der Waals surface area contributed by atoms with Gasteiger partial charge in [0.25, 0.3) is 0 Å². The fraction of sp³-hybridized carbons (Fsp3) is 0.111. The van der Waals surface area contributed by atoms with Crippen molar-refractivity contribution in [1.82, 2.24) is 19.7 Å². The number of aromatic amines is 1. The molecule has 0 bridgehead atoms. The Morgan fingerprint density at radius 3 is 2.94 bits per heavy atom. The molecule has 2 rings (SSSR count). The number of nitrogens with zero attached hydrogens (tertiary/aromatic N) is 3. The van der Waals surface area contributed by atoms with Gasteiger partial charge in [-0.25, -0.2) is 4.98 Å². The highest BCUT2D eigenvalue weighted by atomic mass is 79.9. The van der Waals surface area contributed by atoms with Crippen LogP contribution in [-0.4, -0.2) is 19.7 Å². The fourth-order valence-corrected chi connectivity index (χ4v) is 2.35. The third kappa shape index (κ3) is 2.64. The van der Waals surface area contributed by atoms with Crippen LogP contribution in [0.4, 0.5) is 0 Å². The lowest BCUT2D eigenvalue weighted by Gasteiger charge is -2.05. The molecule has 2 heterocycles. The second-order valence-corrected chi connectivity index (χ2v) is 4.90. The van der Waals surface area contributed by atoms with Gasteiger partial charge in [-0.15, -0.1) is 0 Å². The van der Waals surface area contributed by atoms with E-state index < -0.39 is 11.1 Å². The van der Waals surface area contributed by atoms with Crippen molar-refractivity contribution in [3.05, 3.63) is 43.5 Å². The second-order valence-electron chi connectivity index (χ2n) is 3.09. The van der Waals surface area contributed by atoms with Crippen LogP contribution in [0.5, 0.6) is 0 Å². The van der Waals surface area contributed by atoms with Crippen LogP contribution in [0.25, 0.3) is 0 Å². The molecule has 1 N–H and O–H groups in total. The summed E-state index contributed by atoms with van der Waals surface area (Å²) in [4.78, 5) is 30.0. The summed E-state index contributed by atoms with van der Waals surface area (Å²) in [5.41, 5.74) is -1.55. The van der Waals surface area contributed by atoms with Gasteiger partial charge in [-0.05, 0) is 39.8 Å². The third-order valence-corrected chi connectivity index (χ3v) is 3.83. The normalized spacial score (nSPS) is 10.5. The topological polar surface area (TPSA) is 80.6 Å². The molecule has 0 atom stereocenters. The van der Waals surface area contributed by atoms with Crippen molar-refractivity contribution in [2.45, 2.75) is 10.2 Å². The molecule has 0 saturated heterocycles. The highest BCUT2D eigenvalue weighted by molar-refractivity contribution is 9.10. The Kier molecular flexibility index (Phi) is 3.43. The first-order valence-corrected chi connectivity index (χ1v) is 6.14. The minimum Gasteiger partial charge on any atom is -0.265 e. The first kappa shape index (κ1) is 12.1. The van der Waals surface area contributed by atoms with Gasteiger partial charge in [0.15, 0.2) is 5.16 Å². The largest absolute Gasteiger partial charge is 0.339 e. The Morgan fingerprint density at radius 1 is 1.47 bits per heavy atom. The lowest BCUT2D eigenvalue weighted by molar-refractivity contribution is 0.596. The Balaban J connectivity index is 2.44. The predicted octanol–water partition coefficient (Wildman–Crippen LogP) is 0.777. The van der Waals surface area contributed by atoms with Gasteiger partial charge in [0.1, 0.15) is 5.03 Å². The molecule has 0 aliphatic carbocycles. The molecular formula is C9H7BrN4O2S. The van der Waals surface area contributed by atoms with Crippen molar-refractivity contribution in [3.8, 4) is 0 Å². The highest BCUT2D eigenvalue weighted by Crippen LogP contribution is 2.28. The van der Waals surface area contributed by atoms with E-state index in [4.69, 9.17) is 0 Å². The molecule has 88 valence electrons. The number of H-pyrrole nitrogens is 1. The molecule has 0 fully saturated rings. The van der Waals surface area contributed by atoms with E-state index in [1.54, 1.807) is 19.3 Å². The number of rotatable bonds is 2. The average molecular weight is 315 g/mol. The van der Waals surface area contributed by atoms with Crippen molar-refractivity contribution in [2.24, 2.45) is 7.05 Å². The SMILES string of the molecule is Cn1[nH]c(=O)c(=O)nc1Sc1ncccc1Br. The summed E-state index contributed by atoms with van der Waals surface area (Å²) < 4.78 is 2.18. The van der Waals surface area contributed by atoms with Gasteiger partial charge in [-0.2, -0.15) is 4.98 Å². The standard InChI is InChI=1S/C9H7BrN4O2S/c1-14-9(12-6(15)7(16)13-14)17-8-5(10)3-2-4-11-8/h2-4H,1H3,(H,13,16). The number of nitrogens with one attached hydrogen (secondary N) is 1. The van der Waals surface area contributed by atoms with E-state index in [0.29, 0.717) is 10.2 Å². The van der Waals surface area contributed by atoms with Crippen LogP contribution in [-0.2, 0) is 7.05 Å². The van der Waals surface area contributed by atoms with Crippen molar-refractivity contribution < 1.29 is 0 Å². The van der Waals surface area contributed by atoms with Crippen LogP contribution in [0.3, 0.4) is 0 Å². The minimum absolute atomic E-state index is 0.369. The molecule has 0 aromatic carbocycles. The highest BCUT2D eigenvalue weighted by Gasteiger charge is 2.09. The number of aromatic nitrogens is 4. The first-order chi connectivity index (χ1) is 8.08. The predicted molar refractivity (Wildman–Crippen MR) is 66.2 cm³/mol. The number of hydrogen-bond donors (Lipinski definition) is 1. The van der Waals surface area contributed by atoms with E-state index in [1.165, 1.54) is 16.4 Å². The molecule has 2 aromatic heterocycles. The van der Waals surface area contributed by atoms with Crippen LogP contribution < -0.4 is 11.1 Å². The van der Waals surface area contributed by atoms with E-state index in [-0.39, 0.29) is 0 Å². The van der Waals surface area contributed by atoms with Gasteiger partial charge in [0, 0.05) is 13.2 Å². The maximum atomic E-state index is 11.2. The summed E-state index contributed by atoms with van der Waals surface area (Å²) in [6.07, 6.45) is 1.64. The summed E-state index contributed by atoms with van der Waals surface area (Å²) in [6, 6.07) is 3.62. The molecule has 0 saturated carbocycles.